The van der Waals surface area contributed by atoms with Crippen molar-refractivity contribution in [3.8, 4) is 0 Å². The number of hydrogen-bond donors (Lipinski definition) is 0. The Bertz CT molecular complexity index is 287. The number of nitrogens with zero attached hydrogens (tertiary/aromatic N) is 4. The lowest BCUT2D eigenvalue weighted by Crippen LogP contribution is -2.26. The molecule has 0 atom stereocenters. The van der Waals surface area contributed by atoms with E-state index in [1.807, 2.05) is 44.9 Å². The lowest BCUT2D eigenvalue weighted by molar-refractivity contribution is 0.563. The number of para-hydroxylation sites is 1. The SMILES string of the molecule is CN1[B]N(c2ccccc2)N=N1. The average molecular weight is 159 g/mol. The molecule has 1 aromatic carbocycles. The fourth-order valence-electron chi connectivity index (χ4n) is 1.01. The summed E-state index contributed by atoms with van der Waals surface area (Å²) in [6.45, 7) is 0. The molecular formula is C7H8BN4. The van der Waals surface area contributed by atoms with Gasteiger partial charge >= 0.3 is 7.55 Å². The molecule has 1 radical (unpaired) electrons. The molecule has 0 aliphatic carbocycles. The molecule has 0 aromatic heterocycles. The normalized spacial score (nSPS) is 15.1. The van der Waals surface area contributed by atoms with Crippen LogP contribution in [-0.2, 0) is 0 Å². The molecule has 4 nitrogen and oxygen atoms in total. The van der Waals surface area contributed by atoms with Crippen molar-refractivity contribution in [2.45, 2.75) is 0 Å². The minimum Gasteiger partial charge on any atom is -0.300 e. The summed E-state index contributed by atoms with van der Waals surface area (Å²) < 4.78 is 0. The van der Waals surface area contributed by atoms with Crippen LogP contribution in [0.4, 0.5) is 5.69 Å². The van der Waals surface area contributed by atoms with Crippen LogP contribution in [0.5, 0.6) is 0 Å². The summed E-state index contributed by atoms with van der Waals surface area (Å²) in [6, 6.07) is 9.87. The predicted octanol–water partition coefficient (Wildman–Crippen LogP) is 1.25. The molecule has 0 fully saturated rings. The zero-order valence-corrected chi connectivity index (χ0v) is 6.75. The van der Waals surface area contributed by atoms with Gasteiger partial charge in [-0.15, -0.1) is 0 Å². The van der Waals surface area contributed by atoms with Crippen LogP contribution in [0.1, 0.15) is 0 Å². The maximum absolute atomic E-state index is 3.92. The summed E-state index contributed by atoms with van der Waals surface area (Å²) in [6.07, 6.45) is 0. The van der Waals surface area contributed by atoms with E-state index in [1.165, 1.54) is 0 Å². The van der Waals surface area contributed by atoms with Crippen LogP contribution < -0.4 is 4.92 Å². The molecule has 2 rings (SSSR count). The van der Waals surface area contributed by atoms with Gasteiger partial charge in [-0.05, 0) is 12.1 Å². The molecule has 0 saturated heterocycles. The molecule has 0 bridgehead atoms. The second kappa shape index (κ2) is 2.85. The Labute approximate surface area is 71.7 Å². The molecule has 1 aliphatic heterocycles. The van der Waals surface area contributed by atoms with Crippen molar-refractivity contribution >= 4 is 13.2 Å². The summed E-state index contributed by atoms with van der Waals surface area (Å²) in [5, 5.41) is 7.74. The summed E-state index contributed by atoms with van der Waals surface area (Å²) in [4.78, 5) is 3.38. The first-order valence-electron chi connectivity index (χ1n) is 3.70. The van der Waals surface area contributed by atoms with E-state index in [2.05, 4.69) is 10.4 Å². The Morgan fingerprint density at radius 2 is 1.92 bits per heavy atom. The van der Waals surface area contributed by atoms with Crippen LogP contribution in [-0.4, -0.2) is 19.5 Å². The number of hydrogen-bond acceptors (Lipinski definition) is 4. The molecule has 0 unspecified atom stereocenters. The highest BCUT2D eigenvalue weighted by Crippen LogP contribution is 2.16. The van der Waals surface area contributed by atoms with Crippen LogP contribution in [0.15, 0.2) is 40.8 Å². The van der Waals surface area contributed by atoms with Gasteiger partial charge in [0.25, 0.3) is 0 Å². The molecule has 59 valence electrons. The summed E-state index contributed by atoms with van der Waals surface area (Å²) in [7, 11) is 3.65. The standard InChI is InChI=1S/C7H8BN4/c1-11-8-12(10-9-11)7-5-3-2-4-6-7/h2-6H,1H3. The second-order valence-electron chi connectivity index (χ2n) is 2.55. The van der Waals surface area contributed by atoms with Gasteiger partial charge in [-0.25, -0.2) is 0 Å². The Morgan fingerprint density at radius 1 is 1.17 bits per heavy atom. The molecule has 0 N–H and O–H groups in total. The van der Waals surface area contributed by atoms with E-state index in [-0.39, 0.29) is 0 Å². The topological polar surface area (TPSA) is 31.2 Å². The highest BCUT2D eigenvalue weighted by molar-refractivity contribution is 6.38. The van der Waals surface area contributed by atoms with Gasteiger partial charge in [0.05, 0.1) is 0 Å². The number of rotatable bonds is 1. The van der Waals surface area contributed by atoms with E-state index in [0.717, 1.165) is 5.69 Å². The van der Waals surface area contributed by atoms with Gasteiger partial charge in [0.15, 0.2) is 0 Å². The van der Waals surface area contributed by atoms with Gasteiger partial charge in [-0.2, -0.15) is 0 Å². The largest absolute Gasteiger partial charge is 0.436 e. The quantitative estimate of drug-likeness (QED) is 0.577. The third-order valence-corrected chi connectivity index (χ3v) is 1.57. The molecule has 1 aliphatic rings. The van der Waals surface area contributed by atoms with E-state index in [9.17, 15) is 0 Å². The van der Waals surface area contributed by atoms with Crippen molar-refractivity contribution in [3.63, 3.8) is 0 Å². The van der Waals surface area contributed by atoms with E-state index in [4.69, 9.17) is 0 Å². The highest BCUT2D eigenvalue weighted by atomic mass is 15.7. The number of benzene rings is 1. The van der Waals surface area contributed by atoms with Crippen molar-refractivity contribution in [1.82, 2.24) is 4.92 Å². The Hall–Kier alpha value is -1.52. The first kappa shape index (κ1) is 7.15. The van der Waals surface area contributed by atoms with Crippen molar-refractivity contribution < 1.29 is 0 Å². The fraction of sp³-hybridized carbons (Fsp3) is 0.143. The Balaban J connectivity index is 2.18. The van der Waals surface area contributed by atoms with E-state index < -0.39 is 0 Å². The van der Waals surface area contributed by atoms with Crippen molar-refractivity contribution in [2.75, 3.05) is 12.0 Å². The van der Waals surface area contributed by atoms with Gasteiger partial charge < -0.3 is 4.92 Å². The molecule has 0 saturated carbocycles. The van der Waals surface area contributed by atoms with Crippen molar-refractivity contribution in [1.29, 1.82) is 0 Å². The summed E-state index contributed by atoms with van der Waals surface area (Å²) >= 11 is 0. The molecule has 0 amide bonds. The minimum atomic E-state index is 1.02. The highest BCUT2D eigenvalue weighted by Gasteiger charge is 2.16. The third-order valence-electron chi connectivity index (χ3n) is 1.57. The van der Waals surface area contributed by atoms with Crippen LogP contribution in [0.3, 0.4) is 0 Å². The first-order valence-corrected chi connectivity index (χ1v) is 3.70. The van der Waals surface area contributed by atoms with E-state index in [0.29, 0.717) is 0 Å². The zero-order chi connectivity index (χ0) is 8.39. The van der Waals surface area contributed by atoms with Gasteiger partial charge in [0.1, 0.15) is 0 Å². The molecule has 12 heavy (non-hydrogen) atoms. The third kappa shape index (κ3) is 1.25. The number of anilines is 1. The lowest BCUT2D eigenvalue weighted by atomic mass is 10.1. The predicted molar refractivity (Wildman–Crippen MR) is 47.3 cm³/mol. The first-order chi connectivity index (χ1) is 5.86. The van der Waals surface area contributed by atoms with Gasteiger partial charge in [-0.3, -0.25) is 4.92 Å². The maximum atomic E-state index is 3.92. The van der Waals surface area contributed by atoms with E-state index >= 15 is 0 Å². The molecule has 5 heteroatoms. The van der Waals surface area contributed by atoms with Crippen molar-refractivity contribution in [3.05, 3.63) is 30.3 Å². The summed E-state index contributed by atoms with van der Waals surface area (Å²) in [5.74, 6) is 0. The minimum absolute atomic E-state index is 1.02. The van der Waals surface area contributed by atoms with Gasteiger partial charge in [0.2, 0.25) is 0 Å². The van der Waals surface area contributed by atoms with Crippen molar-refractivity contribution in [2.24, 2.45) is 10.4 Å². The maximum Gasteiger partial charge on any atom is 0.436 e. The van der Waals surface area contributed by atoms with E-state index in [1.54, 1.807) is 9.84 Å². The van der Waals surface area contributed by atoms with Crippen LogP contribution >= 0.6 is 0 Å². The fourth-order valence-corrected chi connectivity index (χ4v) is 1.01. The monoisotopic (exact) mass is 159 g/mol. The van der Waals surface area contributed by atoms with Crippen LogP contribution in [0.2, 0.25) is 0 Å². The zero-order valence-electron chi connectivity index (χ0n) is 6.75. The second-order valence-corrected chi connectivity index (χ2v) is 2.55. The Kier molecular flexibility index (Phi) is 1.70. The molecule has 0 spiro atoms. The average Bonchev–Trinajstić information content (AvgIpc) is 2.54. The smallest absolute Gasteiger partial charge is 0.300 e. The van der Waals surface area contributed by atoms with Gasteiger partial charge in [-0.1, -0.05) is 28.6 Å². The summed E-state index contributed by atoms with van der Waals surface area (Å²) in [5.41, 5.74) is 1.02. The van der Waals surface area contributed by atoms with Crippen LogP contribution in [0, 0.1) is 0 Å². The molecule has 1 heterocycles. The Morgan fingerprint density at radius 3 is 2.50 bits per heavy atom. The lowest BCUT2D eigenvalue weighted by Gasteiger charge is -2.10. The molecule has 1 aromatic rings. The van der Waals surface area contributed by atoms with Crippen LogP contribution in [0.25, 0.3) is 0 Å². The molecular weight excluding hydrogens is 151 g/mol. The van der Waals surface area contributed by atoms with Gasteiger partial charge in [0, 0.05) is 12.7 Å².